The second-order valence-corrected chi connectivity index (χ2v) is 28.2. The monoisotopic (exact) mass is 1370 g/mol. The summed E-state index contributed by atoms with van der Waals surface area (Å²) in [6.07, 6.45) is 3.41. The first kappa shape index (κ1) is 70.7. The minimum atomic E-state index is -1.34. The Morgan fingerprint density at radius 1 is 0.598 bits per heavy atom. The van der Waals surface area contributed by atoms with Gasteiger partial charge in [-0.05, 0) is 129 Å². The minimum Gasteiger partial charge on any atom is -0.492 e. The number of piperazine rings is 2. The van der Waals surface area contributed by atoms with Gasteiger partial charge in [0.2, 0.25) is 22.4 Å². The van der Waals surface area contributed by atoms with E-state index in [4.69, 9.17) is 19.3 Å². The van der Waals surface area contributed by atoms with Crippen molar-refractivity contribution in [1.82, 2.24) is 19.4 Å². The van der Waals surface area contributed by atoms with E-state index in [2.05, 4.69) is 5.32 Å². The number of halogens is 2. The summed E-state index contributed by atoms with van der Waals surface area (Å²) in [5, 5.41) is 35.9. The molecule has 8 aromatic rings. The largest absolute Gasteiger partial charge is 0.492 e. The van der Waals surface area contributed by atoms with Crippen LogP contribution < -0.4 is 35.4 Å². The number of aliphatic carboxylic acids is 1. The molecule has 2 aliphatic heterocycles. The van der Waals surface area contributed by atoms with Gasteiger partial charge < -0.3 is 53.8 Å². The lowest BCUT2D eigenvalue weighted by atomic mass is 9.84. The Labute approximate surface area is 567 Å². The highest BCUT2D eigenvalue weighted by molar-refractivity contribution is 7.12. The minimum absolute atomic E-state index is 0.00539. The van der Waals surface area contributed by atoms with Crippen LogP contribution in [0.4, 0.5) is 20.2 Å². The van der Waals surface area contributed by atoms with Gasteiger partial charge in [-0.15, -0.1) is 22.7 Å². The second kappa shape index (κ2) is 28.2. The summed E-state index contributed by atoms with van der Waals surface area (Å²) >= 11 is 2.78. The lowest BCUT2D eigenvalue weighted by Crippen LogP contribution is -2.53. The normalized spacial score (nSPS) is 16.6. The number of nitrogens with zero attached hydrogens (tertiary/aromatic N) is 5. The highest BCUT2D eigenvalue weighted by Crippen LogP contribution is 2.48. The quantitative estimate of drug-likeness (QED) is 0.0460. The standard InChI is InChI=1S/C37H40FN3O7S.C21H26FN3O4.C15H14O3S/c1-20-18-39(31-29(38)21(2)27-30(34(31)47-6)41(25-13-14-25)22(3)28(33(27)43)35(44)45)15-16-40(20)19-48-36(46)37(4,5)24-11-9-23(10-12-24)32(42)26-8-7-17-49-26;1-10-9-24(8-7-23-10)18-16(22)11(2)14-17(20(18)29-4)25(13-5-6-13)12(3)15(19(14)26)21(27)28;1-15(2,14(17)18)11-7-5-10(6-8-11)13(16)12-4-3-9-19-12/h7-12,17,20,25H,13-16,18-19H2,1-6H3,(H,44,45);10,13,23H,5-9H2,1-4H3,(H,27,28);3-9H,1-2H3,(H,17,18). The number of aryl methyl sites for hydroxylation is 2. The molecule has 4 aromatic heterocycles. The molecule has 4 aliphatic rings. The Bertz CT molecular complexity index is 4540. The molecule has 6 heterocycles. The van der Waals surface area contributed by atoms with E-state index in [-0.39, 0.29) is 86.9 Å². The first-order valence-corrected chi connectivity index (χ1v) is 33.9. The van der Waals surface area contributed by atoms with Crippen molar-refractivity contribution in [3.63, 3.8) is 0 Å². The van der Waals surface area contributed by atoms with Gasteiger partial charge in [0.15, 0.2) is 23.1 Å². The maximum atomic E-state index is 16.3. The highest BCUT2D eigenvalue weighted by Gasteiger charge is 2.40. The molecule has 4 N–H and O–H groups in total. The number of thiophene rings is 2. The first-order chi connectivity index (χ1) is 46.0. The first-order valence-electron chi connectivity index (χ1n) is 32.1. The lowest BCUT2D eigenvalue weighted by molar-refractivity contribution is -0.155. The Morgan fingerprint density at radius 3 is 1.38 bits per heavy atom. The lowest BCUT2D eigenvalue weighted by Gasteiger charge is -2.41. The molecule has 24 heteroatoms. The fourth-order valence-corrected chi connectivity index (χ4v) is 14.4. The molecule has 97 heavy (non-hydrogen) atoms. The zero-order valence-corrected chi connectivity index (χ0v) is 57.9. The number of nitrogens with one attached hydrogen (secondary N) is 1. The van der Waals surface area contributed by atoms with Gasteiger partial charge in [-0.2, -0.15) is 0 Å². The van der Waals surface area contributed by atoms with E-state index in [0.29, 0.717) is 99.6 Å². The van der Waals surface area contributed by atoms with Crippen molar-refractivity contribution in [2.45, 2.75) is 130 Å². The third-order valence-electron chi connectivity index (χ3n) is 19.1. The highest BCUT2D eigenvalue weighted by atomic mass is 32.1. The number of carboxylic acids is 3. The molecule has 2 saturated heterocycles. The van der Waals surface area contributed by atoms with E-state index in [1.54, 1.807) is 109 Å². The fraction of sp³-hybridized carbons (Fsp3) is 0.397. The number of methoxy groups -OCH3 is 2. The average molecular weight is 1370 g/mol. The van der Waals surface area contributed by atoms with Crippen LogP contribution in [0.3, 0.4) is 0 Å². The predicted molar refractivity (Wildman–Crippen MR) is 370 cm³/mol. The molecule has 2 atom stereocenters. The fourth-order valence-electron chi connectivity index (χ4n) is 13.0. The van der Waals surface area contributed by atoms with Gasteiger partial charge >= 0.3 is 23.9 Å². The summed E-state index contributed by atoms with van der Waals surface area (Å²) in [5.74, 6) is -4.65. The van der Waals surface area contributed by atoms with E-state index in [1.165, 1.54) is 43.8 Å². The topological polar surface area (TPSA) is 257 Å². The van der Waals surface area contributed by atoms with Gasteiger partial charge in [-0.3, -0.25) is 33.7 Å². The number of hydrogen-bond acceptors (Lipinski definition) is 17. The number of aromatic carboxylic acids is 2. The van der Waals surface area contributed by atoms with Gasteiger partial charge in [0.25, 0.3) is 0 Å². The molecule has 12 rings (SSSR count). The van der Waals surface area contributed by atoms with Crippen LogP contribution in [0.2, 0.25) is 0 Å². The van der Waals surface area contributed by atoms with Gasteiger partial charge in [0.05, 0.1) is 56.6 Å². The number of ketones is 2. The number of carboxylic acid groups (broad SMARTS) is 3. The Balaban J connectivity index is 0.000000178. The van der Waals surface area contributed by atoms with Crippen molar-refractivity contribution in [1.29, 1.82) is 0 Å². The van der Waals surface area contributed by atoms with Crippen molar-refractivity contribution in [2.24, 2.45) is 0 Å². The number of benzene rings is 4. The van der Waals surface area contributed by atoms with Crippen LogP contribution in [-0.2, 0) is 25.2 Å². The molecule has 4 fully saturated rings. The van der Waals surface area contributed by atoms with Crippen molar-refractivity contribution < 1.29 is 67.1 Å². The number of pyridine rings is 2. The summed E-state index contributed by atoms with van der Waals surface area (Å²) in [6.45, 7) is 20.4. The molecular formula is C73H80F2N6O14S2. The van der Waals surface area contributed by atoms with Crippen LogP contribution in [-0.4, -0.2) is 137 Å². The summed E-state index contributed by atoms with van der Waals surface area (Å²) in [4.78, 5) is 107. The number of carbonyl (C=O) groups is 6. The number of ether oxygens (including phenoxy) is 3. The predicted octanol–water partition coefficient (Wildman–Crippen LogP) is 12.0. The molecule has 2 saturated carbocycles. The summed E-state index contributed by atoms with van der Waals surface area (Å²) < 4.78 is 53.0. The smallest absolute Gasteiger partial charge is 0.341 e. The van der Waals surface area contributed by atoms with E-state index < -0.39 is 57.2 Å². The van der Waals surface area contributed by atoms with Crippen LogP contribution in [0.15, 0.2) is 93.1 Å². The number of esters is 1. The average Bonchev–Trinajstić information content (AvgIpc) is 1.57. The molecule has 2 aliphatic carbocycles. The van der Waals surface area contributed by atoms with Crippen molar-refractivity contribution >= 4 is 91.3 Å². The second-order valence-electron chi connectivity index (χ2n) is 26.3. The van der Waals surface area contributed by atoms with Crippen molar-refractivity contribution in [3.8, 4) is 11.5 Å². The molecular weight excluding hydrogens is 1290 g/mol. The molecule has 0 bridgehead atoms. The number of hydrogen-bond donors (Lipinski definition) is 4. The van der Waals surface area contributed by atoms with Gasteiger partial charge in [0.1, 0.15) is 29.2 Å². The maximum absolute atomic E-state index is 16.3. The van der Waals surface area contributed by atoms with Crippen molar-refractivity contribution in [2.75, 3.05) is 70.0 Å². The molecule has 0 radical (unpaired) electrons. The molecule has 20 nitrogen and oxygen atoms in total. The molecule has 512 valence electrons. The summed E-state index contributed by atoms with van der Waals surface area (Å²) in [7, 11) is 2.91. The van der Waals surface area contributed by atoms with Crippen LogP contribution in [0.1, 0.15) is 164 Å². The Kier molecular flexibility index (Phi) is 20.5. The zero-order chi connectivity index (χ0) is 70.4. The van der Waals surface area contributed by atoms with Gasteiger partial charge in [0, 0.05) is 97.1 Å². The van der Waals surface area contributed by atoms with Gasteiger partial charge in [-0.25, -0.2) is 18.4 Å². The van der Waals surface area contributed by atoms with E-state index in [1.807, 2.05) is 60.6 Å². The number of aromatic nitrogens is 2. The number of rotatable bonds is 18. The maximum Gasteiger partial charge on any atom is 0.341 e. The van der Waals surface area contributed by atoms with Crippen LogP contribution in [0, 0.1) is 39.3 Å². The Morgan fingerprint density at radius 2 is 1.02 bits per heavy atom. The summed E-state index contributed by atoms with van der Waals surface area (Å²) in [6, 6.07) is 21.1. The van der Waals surface area contributed by atoms with Gasteiger partial charge in [-0.1, -0.05) is 60.7 Å². The van der Waals surface area contributed by atoms with Crippen LogP contribution in [0.5, 0.6) is 11.5 Å². The number of anilines is 2. The van der Waals surface area contributed by atoms with Crippen LogP contribution in [0.25, 0.3) is 21.8 Å². The number of fused-ring (bicyclic) bond motifs is 2. The third-order valence-corrected chi connectivity index (χ3v) is 20.8. The SMILES string of the molecule is CC(C)(C(=O)O)c1ccc(C(=O)c2cccs2)cc1.COc1c(N2CCN(COC(=O)C(C)(C)c3ccc(C(=O)c4cccs4)cc3)C(C)C2)c(F)c(C)c2c(=O)c(C(=O)O)c(C)n(C3CC3)c12.COc1c(N2CCNC(C)C2)c(F)c(C)c2c(=O)c(C(=O)O)c(C)n(C3CC3)c12. The number of carbonyl (C=O) groups excluding carboxylic acids is 3. The molecule has 2 unspecified atom stereocenters. The molecule has 0 amide bonds. The van der Waals surface area contributed by atoms with E-state index >= 15 is 8.78 Å². The van der Waals surface area contributed by atoms with Crippen LogP contribution >= 0.6 is 22.7 Å². The van der Waals surface area contributed by atoms with Crippen molar-refractivity contribution in [3.05, 3.63) is 181 Å². The van der Waals surface area contributed by atoms with E-state index in [0.717, 1.165) is 31.2 Å². The third kappa shape index (κ3) is 13.6. The van der Waals surface area contributed by atoms with E-state index in [9.17, 15) is 48.6 Å². The Hall–Kier alpha value is -9.10. The summed E-state index contributed by atoms with van der Waals surface area (Å²) in [5.41, 5.74) is 1.07. The molecule has 4 aromatic carbocycles. The molecule has 0 spiro atoms. The zero-order valence-electron chi connectivity index (χ0n) is 56.3.